The maximum Gasteiger partial charge on any atom is 0.257 e. The molecule has 1 aromatic rings. The first kappa shape index (κ1) is 20.5. The summed E-state index contributed by atoms with van der Waals surface area (Å²) in [6, 6.07) is 6.28. The minimum atomic E-state index is -0.133. The third-order valence-electron chi connectivity index (χ3n) is 4.60. The Labute approximate surface area is 157 Å². The molecule has 1 heterocycles. The van der Waals surface area contributed by atoms with E-state index in [0.29, 0.717) is 24.1 Å². The molecule has 146 valence electrons. The van der Waals surface area contributed by atoms with E-state index >= 15 is 0 Å². The Hall–Kier alpha value is -1.79. The van der Waals surface area contributed by atoms with Crippen molar-refractivity contribution < 1.29 is 14.3 Å². The van der Waals surface area contributed by atoms with E-state index in [2.05, 4.69) is 22.5 Å². The maximum atomic E-state index is 11.5. The monoisotopic (exact) mass is 363 g/mol. The van der Waals surface area contributed by atoms with Gasteiger partial charge in [0.25, 0.3) is 5.91 Å². The van der Waals surface area contributed by atoms with Crippen molar-refractivity contribution in [2.45, 2.75) is 45.7 Å². The average molecular weight is 364 g/mol. The molecule has 6 nitrogen and oxygen atoms in total. The smallest absolute Gasteiger partial charge is 0.257 e. The van der Waals surface area contributed by atoms with Gasteiger partial charge in [-0.15, -0.1) is 0 Å². The SMILES string of the molecule is CCNC(=O)COc1ccc(CNC(C)CN2CCCCC2)cc1OC. The van der Waals surface area contributed by atoms with E-state index in [1.807, 2.05) is 25.1 Å². The number of ether oxygens (including phenoxy) is 2. The maximum absolute atomic E-state index is 11.5. The van der Waals surface area contributed by atoms with Crippen LogP contribution in [0.4, 0.5) is 0 Å². The quantitative estimate of drug-likeness (QED) is 0.667. The number of rotatable bonds is 10. The normalized spacial score (nSPS) is 16.1. The number of nitrogens with zero attached hydrogens (tertiary/aromatic N) is 1. The van der Waals surface area contributed by atoms with Crippen molar-refractivity contribution in [1.29, 1.82) is 0 Å². The molecule has 6 heteroatoms. The van der Waals surface area contributed by atoms with Gasteiger partial charge in [-0.2, -0.15) is 0 Å². The number of likely N-dealkylation sites (tertiary alicyclic amines) is 1. The van der Waals surface area contributed by atoms with Crippen LogP contribution in [0.1, 0.15) is 38.7 Å². The van der Waals surface area contributed by atoms with Gasteiger partial charge in [0.1, 0.15) is 0 Å². The lowest BCUT2D eigenvalue weighted by atomic mass is 10.1. The summed E-state index contributed by atoms with van der Waals surface area (Å²) in [5.41, 5.74) is 1.14. The minimum absolute atomic E-state index is 0.00529. The molecule has 1 aliphatic rings. The fraction of sp³-hybridized carbons (Fsp3) is 0.650. The van der Waals surface area contributed by atoms with Gasteiger partial charge in [-0.1, -0.05) is 12.5 Å². The largest absolute Gasteiger partial charge is 0.493 e. The second kappa shape index (κ2) is 11.0. The molecule has 1 aliphatic heterocycles. The summed E-state index contributed by atoms with van der Waals surface area (Å²) in [6.07, 6.45) is 4.01. The highest BCUT2D eigenvalue weighted by Gasteiger charge is 2.13. The van der Waals surface area contributed by atoms with Gasteiger partial charge in [0.05, 0.1) is 7.11 Å². The molecule has 1 amide bonds. The molecule has 0 bridgehead atoms. The first-order chi connectivity index (χ1) is 12.6. The molecule has 0 saturated carbocycles. The predicted octanol–water partition coefficient (Wildman–Crippen LogP) is 2.17. The number of likely N-dealkylation sites (N-methyl/N-ethyl adjacent to an activating group) is 1. The lowest BCUT2D eigenvalue weighted by Gasteiger charge is -2.29. The highest BCUT2D eigenvalue weighted by molar-refractivity contribution is 5.77. The number of hydrogen-bond donors (Lipinski definition) is 2. The number of carbonyl (C=O) groups is 1. The highest BCUT2D eigenvalue weighted by atomic mass is 16.5. The van der Waals surface area contributed by atoms with Crippen molar-refractivity contribution in [3.05, 3.63) is 23.8 Å². The van der Waals surface area contributed by atoms with Gasteiger partial charge in [-0.25, -0.2) is 0 Å². The van der Waals surface area contributed by atoms with E-state index in [0.717, 1.165) is 18.7 Å². The number of piperidine rings is 1. The zero-order valence-electron chi connectivity index (χ0n) is 16.3. The van der Waals surface area contributed by atoms with Crippen LogP contribution >= 0.6 is 0 Å². The van der Waals surface area contributed by atoms with Gasteiger partial charge in [-0.05, 0) is 57.5 Å². The molecule has 1 atom stereocenters. The summed E-state index contributed by atoms with van der Waals surface area (Å²) in [4.78, 5) is 14.1. The third kappa shape index (κ3) is 6.84. The Morgan fingerprint density at radius 2 is 2.00 bits per heavy atom. The van der Waals surface area contributed by atoms with Crippen molar-refractivity contribution in [3.63, 3.8) is 0 Å². The molecular formula is C20H33N3O3. The topological polar surface area (TPSA) is 62.8 Å². The number of carbonyl (C=O) groups excluding carboxylic acids is 1. The Kier molecular flexibility index (Phi) is 8.71. The average Bonchev–Trinajstić information content (AvgIpc) is 2.66. The van der Waals surface area contributed by atoms with Crippen LogP contribution in [-0.2, 0) is 11.3 Å². The molecular weight excluding hydrogens is 330 g/mol. The Morgan fingerprint density at radius 3 is 2.69 bits per heavy atom. The van der Waals surface area contributed by atoms with Gasteiger partial charge >= 0.3 is 0 Å². The molecule has 1 saturated heterocycles. The third-order valence-corrected chi connectivity index (χ3v) is 4.60. The summed E-state index contributed by atoms with van der Waals surface area (Å²) in [7, 11) is 1.62. The van der Waals surface area contributed by atoms with Crippen molar-refractivity contribution in [2.24, 2.45) is 0 Å². The van der Waals surface area contributed by atoms with E-state index in [4.69, 9.17) is 9.47 Å². The van der Waals surface area contributed by atoms with Crippen LogP contribution in [0.15, 0.2) is 18.2 Å². The molecule has 0 aliphatic carbocycles. The minimum Gasteiger partial charge on any atom is -0.493 e. The Morgan fingerprint density at radius 1 is 1.23 bits per heavy atom. The van der Waals surface area contributed by atoms with Crippen molar-refractivity contribution in [3.8, 4) is 11.5 Å². The van der Waals surface area contributed by atoms with Crippen LogP contribution in [-0.4, -0.2) is 56.7 Å². The highest BCUT2D eigenvalue weighted by Crippen LogP contribution is 2.28. The molecule has 26 heavy (non-hydrogen) atoms. The Bertz CT molecular complexity index is 559. The van der Waals surface area contributed by atoms with Crippen molar-refractivity contribution in [1.82, 2.24) is 15.5 Å². The summed E-state index contributed by atoms with van der Waals surface area (Å²) in [5.74, 6) is 1.10. The molecule has 2 rings (SSSR count). The first-order valence-corrected chi connectivity index (χ1v) is 9.64. The van der Waals surface area contributed by atoms with Gasteiger partial charge in [-0.3, -0.25) is 4.79 Å². The first-order valence-electron chi connectivity index (χ1n) is 9.64. The van der Waals surface area contributed by atoms with E-state index < -0.39 is 0 Å². The second-order valence-electron chi connectivity index (χ2n) is 6.87. The number of benzene rings is 1. The van der Waals surface area contributed by atoms with Gasteiger partial charge in [0.15, 0.2) is 18.1 Å². The van der Waals surface area contributed by atoms with Crippen LogP contribution < -0.4 is 20.1 Å². The van der Waals surface area contributed by atoms with Crippen molar-refractivity contribution >= 4 is 5.91 Å². The number of nitrogens with one attached hydrogen (secondary N) is 2. The molecule has 0 spiro atoms. The second-order valence-corrected chi connectivity index (χ2v) is 6.87. The van der Waals surface area contributed by atoms with Crippen LogP contribution in [0, 0.1) is 0 Å². The predicted molar refractivity (Wildman–Crippen MR) is 104 cm³/mol. The van der Waals surface area contributed by atoms with Gasteiger partial charge < -0.3 is 25.0 Å². The van der Waals surface area contributed by atoms with Crippen molar-refractivity contribution in [2.75, 3.05) is 39.9 Å². The number of hydrogen-bond acceptors (Lipinski definition) is 5. The van der Waals surface area contributed by atoms with Crippen LogP contribution in [0.25, 0.3) is 0 Å². The number of amides is 1. The van der Waals surface area contributed by atoms with E-state index in [9.17, 15) is 4.79 Å². The fourth-order valence-corrected chi connectivity index (χ4v) is 3.22. The lowest BCUT2D eigenvalue weighted by molar-refractivity contribution is -0.123. The summed E-state index contributed by atoms with van der Waals surface area (Å²) < 4.78 is 11.0. The van der Waals surface area contributed by atoms with Crippen LogP contribution in [0.5, 0.6) is 11.5 Å². The molecule has 1 unspecified atom stereocenters. The molecule has 2 N–H and O–H groups in total. The summed E-state index contributed by atoms with van der Waals surface area (Å²) in [6.45, 7) is 9.01. The molecule has 1 fully saturated rings. The molecule has 0 aromatic heterocycles. The summed E-state index contributed by atoms with van der Waals surface area (Å²) in [5, 5.41) is 6.29. The van der Waals surface area contributed by atoms with Gasteiger partial charge in [0, 0.05) is 25.7 Å². The Balaban J connectivity index is 1.82. The zero-order chi connectivity index (χ0) is 18.8. The van der Waals surface area contributed by atoms with E-state index in [-0.39, 0.29) is 12.5 Å². The van der Waals surface area contributed by atoms with Gasteiger partial charge in [0.2, 0.25) is 0 Å². The van der Waals surface area contributed by atoms with E-state index in [1.165, 1.54) is 32.4 Å². The molecule has 1 aromatic carbocycles. The van der Waals surface area contributed by atoms with E-state index in [1.54, 1.807) is 7.11 Å². The standard InChI is InChI=1S/C20H33N3O3/c1-4-21-20(24)15-26-18-9-8-17(12-19(18)25-3)13-22-16(2)14-23-10-6-5-7-11-23/h8-9,12,16,22H,4-7,10-11,13-15H2,1-3H3,(H,21,24). The van der Waals surface area contributed by atoms with Crippen LogP contribution in [0.2, 0.25) is 0 Å². The number of methoxy groups -OCH3 is 1. The zero-order valence-corrected chi connectivity index (χ0v) is 16.3. The molecule has 0 radical (unpaired) electrons. The van der Waals surface area contributed by atoms with Crippen LogP contribution in [0.3, 0.4) is 0 Å². The fourth-order valence-electron chi connectivity index (χ4n) is 3.22. The summed E-state index contributed by atoms with van der Waals surface area (Å²) >= 11 is 0. The lowest BCUT2D eigenvalue weighted by Crippen LogP contribution is -2.41.